The highest BCUT2D eigenvalue weighted by molar-refractivity contribution is 6.34. The fraction of sp³-hybridized carbons (Fsp3) is 0.600. The van der Waals surface area contributed by atoms with Crippen LogP contribution >= 0.6 is 11.6 Å². The summed E-state index contributed by atoms with van der Waals surface area (Å²) in [5.74, 6) is -0.769. The Bertz CT molecular complexity index is 595. The molecule has 0 aromatic heterocycles. The second-order valence-corrected chi connectivity index (χ2v) is 7.26. The van der Waals surface area contributed by atoms with E-state index in [1.807, 2.05) is 41.5 Å². The summed E-state index contributed by atoms with van der Waals surface area (Å²) in [5.41, 5.74) is 0.224. The lowest BCUT2D eigenvalue weighted by molar-refractivity contribution is 0.0128. The molecule has 2 atom stereocenters. The number of halogens is 1. The molecule has 0 aliphatic rings. The van der Waals surface area contributed by atoms with Crippen molar-refractivity contribution < 1.29 is 19.1 Å². The van der Waals surface area contributed by atoms with Crippen LogP contribution in [0.2, 0.25) is 5.02 Å². The van der Waals surface area contributed by atoms with Crippen molar-refractivity contribution in [3.05, 3.63) is 34.3 Å². The molecule has 0 saturated carbocycles. The predicted octanol–water partition coefficient (Wildman–Crippen LogP) is 5.52. The molecule has 0 saturated heterocycles. The summed E-state index contributed by atoms with van der Waals surface area (Å²) in [4.78, 5) is 25.2. The van der Waals surface area contributed by atoms with Crippen molar-refractivity contribution in [1.29, 1.82) is 0 Å². The van der Waals surface area contributed by atoms with Gasteiger partial charge < -0.3 is 9.47 Å². The third-order valence-electron chi connectivity index (χ3n) is 4.25. The molecule has 2 unspecified atom stereocenters. The van der Waals surface area contributed by atoms with Gasteiger partial charge in [-0.15, -0.1) is 0 Å². The number of rotatable bonds is 8. The smallest absolute Gasteiger partial charge is 0.340 e. The van der Waals surface area contributed by atoms with Gasteiger partial charge in [-0.2, -0.15) is 0 Å². The quantitative estimate of drug-likeness (QED) is 0.566. The first kappa shape index (κ1) is 21.5. The van der Waals surface area contributed by atoms with Crippen LogP contribution in [-0.4, -0.2) is 24.1 Å². The summed E-state index contributed by atoms with van der Waals surface area (Å²) >= 11 is 6.20. The van der Waals surface area contributed by atoms with Crippen LogP contribution in [0.15, 0.2) is 18.2 Å². The highest BCUT2D eigenvalue weighted by Gasteiger charge is 2.27. The minimum atomic E-state index is -0.587. The van der Waals surface area contributed by atoms with Crippen molar-refractivity contribution in [3.8, 4) is 0 Å². The molecule has 25 heavy (non-hydrogen) atoms. The molecule has 0 bridgehead atoms. The van der Waals surface area contributed by atoms with E-state index < -0.39 is 11.9 Å². The molecule has 140 valence electrons. The Morgan fingerprint density at radius 2 is 1.40 bits per heavy atom. The Labute approximate surface area is 155 Å². The van der Waals surface area contributed by atoms with E-state index in [4.69, 9.17) is 21.1 Å². The number of esters is 2. The molecule has 0 amide bonds. The summed E-state index contributed by atoms with van der Waals surface area (Å²) in [5, 5.41) is 0.190. The Morgan fingerprint density at radius 3 is 1.84 bits per heavy atom. The van der Waals surface area contributed by atoms with E-state index in [0.29, 0.717) is 12.8 Å². The molecule has 0 N–H and O–H groups in total. The average molecular weight is 369 g/mol. The van der Waals surface area contributed by atoms with E-state index >= 15 is 0 Å². The molecule has 0 aliphatic heterocycles. The predicted molar refractivity (Wildman–Crippen MR) is 100 cm³/mol. The number of hydrogen-bond acceptors (Lipinski definition) is 4. The van der Waals surface area contributed by atoms with Gasteiger partial charge >= 0.3 is 11.9 Å². The number of carbonyl (C=O) groups excluding carboxylic acids is 2. The van der Waals surface area contributed by atoms with E-state index in [2.05, 4.69) is 0 Å². The lowest BCUT2D eigenvalue weighted by Crippen LogP contribution is -2.26. The van der Waals surface area contributed by atoms with Crippen LogP contribution in [-0.2, 0) is 9.47 Å². The van der Waals surface area contributed by atoms with Gasteiger partial charge in [0.1, 0.15) is 12.2 Å². The summed E-state index contributed by atoms with van der Waals surface area (Å²) in [6.07, 6.45) is 0.953. The third kappa shape index (κ3) is 5.74. The Balaban J connectivity index is 3.12. The molecule has 0 spiro atoms. The number of benzene rings is 1. The fourth-order valence-electron chi connectivity index (χ4n) is 2.68. The second-order valence-electron chi connectivity index (χ2n) is 6.85. The SMILES string of the molecule is CCC(OC(=O)c1cccc(Cl)c1C(=O)OC(CC)C(C)C)C(C)C. The average Bonchev–Trinajstić information content (AvgIpc) is 2.56. The Morgan fingerprint density at radius 1 is 0.920 bits per heavy atom. The first-order chi connectivity index (χ1) is 11.7. The van der Waals surface area contributed by atoms with Gasteiger partial charge in [0, 0.05) is 0 Å². The van der Waals surface area contributed by atoms with Crippen LogP contribution in [0.25, 0.3) is 0 Å². The summed E-state index contributed by atoms with van der Waals surface area (Å²) < 4.78 is 11.1. The van der Waals surface area contributed by atoms with Gasteiger partial charge in [0.2, 0.25) is 0 Å². The first-order valence-electron chi connectivity index (χ1n) is 8.93. The lowest BCUT2D eigenvalue weighted by atomic mass is 10.0. The van der Waals surface area contributed by atoms with Crippen molar-refractivity contribution >= 4 is 23.5 Å². The van der Waals surface area contributed by atoms with Gasteiger partial charge in [-0.05, 0) is 36.8 Å². The Hall–Kier alpha value is -1.55. The molecular weight excluding hydrogens is 340 g/mol. The zero-order valence-electron chi connectivity index (χ0n) is 16.0. The standard InChI is InChI=1S/C20H29ClO4/c1-7-16(12(3)4)24-19(22)14-10-9-11-15(21)18(14)20(23)25-17(8-2)13(5)6/h9-13,16-17H,7-8H2,1-6H3. The molecule has 0 radical (unpaired) electrons. The molecule has 5 heteroatoms. The molecule has 1 aromatic rings. The summed E-state index contributed by atoms with van der Waals surface area (Å²) in [7, 11) is 0. The molecule has 0 heterocycles. The third-order valence-corrected chi connectivity index (χ3v) is 4.56. The molecule has 4 nitrogen and oxygen atoms in total. The number of carbonyl (C=O) groups is 2. The minimum absolute atomic E-state index is 0.0758. The van der Waals surface area contributed by atoms with Gasteiger partial charge in [0.25, 0.3) is 0 Å². The van der Waals surface area contributed by atoms with Crippen LogP contribution in [0.1, 0.15) is 75.1 Å². The van der Waals surface area contributed by atoms with E-state index in [9.17, 15) is 9.59 Å². The van der Waals surface area contributed by atoms with Crippen LogP contribution in [0.5, 0.6) is 0 Å². The summed E-state index contributed by atoms with van der Waals surface area (Å²) in [6, 6.07) is 4.75. The normalized spacial score (nSPS) is 13.6. The van der Waals surface area contributed by atoms with Crippen LogP contribution < -0.4 is 0 Å². The van der Waals surface area contributed by atoms with Gasteiger partial charge in [0.05, 0.1) is 16.1 Å². The maximum Gasteiger partial charge on any atom is 0.340 e. The van der Waals surface area contributed by atoms with Crippen molar-refractivity contribution in [2.45, 2.75) is 66.6 Å². The maximum atomic E-state index is 12.6. The Kier molecular flexibility index (Phi) is 8.43. The lowest BCUT2D eigenvalue weighted by Gasteiger charge is -2.22. The van der Waals surface area contributed by atoms with E-state index in [1.54, 1.807) is 18.2 Å². The van der Waals surface area contributed by atoms with Crippen molar-refractivity contribution in [1.82, 2.24) is 0 Å². The number of ether oxygens (including phenoxy) is 2. The van der Waals surface area contributed by atoms with Crippen LogP contribution in [0.4, 0.5) is 0 Å². The molecule has 0 aliphatic carbocycles. The zero-order chi connectivity index (χ0) is 19.1. The van der Waals surface area contributed by atoms with Crippen LogP contribution in [0, 0.1) is 11.8 Å². The zero-order valence-corrected chi connectivity index (χ0v) is 16.7. The van der Waals surface area contributed by atoms with Crippen molar-refractivity contribution in [2.75, 3.05) is 0 Å². The molecule has 1 rings (SSSR count). The largest absolute Gasteiger partial charge is 0.459 e. The van der Waals surface area contributed by atoms with Crippen molar-refractivity contribution in [3.63, 3.8) is 0 Å². The van der Waals surface area contributed by atoms with E-state index in [-0.39, 0.29) is 40.2 Å². The minimum Gasteiger partial charge on any atom is -0.459 e. The summed E-state index contributed by atoms with van der Waals surface area (Å²) in [6.45, 7) is 11.9. The topological polar surface area (TPSA) is 52.6 Å². The van der Waals surface area contributed by atoms with Crippen LogP contribution in [0.3, 0.4) is 0 Å². The second kappa shape index (κ2) is 9.81. The number of hydrogen-bond donors (Lipinski definition) is 0. The fourth-order valence-corrected chi connectivity index (χ4v) is 2.93. The van der Waals surface area contributed by atoms with E-state index in [0.717, 1.165) is 0 Å². The molecule has 0 fully saturated rings. The van der Waals surface area contributed by atoms with Gasteiger partial charge in [-0.1, -0.05) is 59.2 Å². The first-order valence-corrected chi connectivity index (χ1v) is 9.31. The monoisotopic (exact) mass is 368 g/mol. The maximum absolute atomic E-state index is 12.6. The highest BCUT2D eigenvalue weighted by atomic mass is 35.5. The van der Waals surface area contributed by atoms with Gasteiger partial charge in [-0.25, -0.2) is 9.59 Å². The molecule has 1 aromatic carbocycles. The molecular formula is C20H29ClO4. The van der Waals surface area contributed by atoms with E-state index in [1.165, 1.54) is 0 Å². The van der Waals surface area contributed by atoms with Crippen molar-refractivity contribution in [2.24, 2.45) is 11.8 Å². The van der Waals surface area contributed by atoms with Gasteiger partial charge in [-0.3, -0.25) is 0 Å². The highest BCUT2D eigenvalue weighted by Crippen LogP contribution is 2.25. The van der Waals surface area contributed by atoms with Gasteiger partial charge in [0.15, 0.2) is 0 Å².